The maximum Gasteiger partial charge on any atom is 0.273 e. The molecule has 0 atom stereocenters. The number of hydrogen-bond acceptors (Lipinski definition) is 6. The number of nitrogens with two attached hydrogens (primary N) is 2. The highest BCUT2D eigenvalue weighted by Crippen LogP contribution is 2.16. The average molecular weight is 383 g/mol. The van der Waals surface area contributed by atoms with E-state index in [1.807, 2.05) is 45.0 Å². The van der Waals surface area contributed by atoms with E-state index in [1.54, 1.807) is 12.3 Å². The maximum atomic E-state index is 12.8. The van der Waals surface area contributed by atoms with E-state index in [1.165, 1.54) is 10.6 Å². The molecule has 0 bridgehead atoms. The Labute approximate surface area is 166 Å². The summed E-state index contributed by atoms with van der Waals surface area (Å²) in [6.07, 6.45) is 4.20. The van der Waals surface area contributed by atoms with Crippen molar-refractivity contribution in [1.29, 1.82) is 0 Å². The average Bonchev–Trinajstić information content (AvgIpc) is 2.81. The highest BCUT2D eigenvalue weighted by molar-refractivity contribution is 6.01. The van der Waals surface area contributed by atoms with Crippen molar-refractivity contribution in [2.75, 3.05) is 13.2 Å². The van der Waals surface area contributed by atoms with Gasteiger partial charge >= 0.3 is 0 Å². The van der Waals surface area contributed by atoms with Crippen LogP contribution in [0.2, 0.25) is 0 Å². The zero-order valence-corrected chi connectivity index (χ0v) is 16.8. The van der Waals surface area contributed by atoms with Crippen LogP contribution >= 0.6 is 0 Å². The van der Waals surface area contributed by atoms with Crippen LogP contribution in [0, 0.1) is 6.92 Å². The van der Waals surface area contributed by atoms with Gasteiger partial charge in [0, 0.05) is 24.8 Å². The van der Waals surface area contributed by atoms with Gasteiger partial charge in [-0.25, -0.2) is 10.1 Å². The summed E-state index contributed by atoms with van der Waals surface area (Å²) in [7, 11) is 0. The third kappa shape index (κ3) is 6.06. The molecule has 0 radical (unpaired) electrons. The van der Waals surface area contributed by atoms with Gasteiger partial charge in [-0.2, -0.15) is 0 Å². The molecule has 0 aromatic heterocycles. The number of carbonyl (C=O) groups is 1. The Morgan fingerprint density at radius 2 is 2.00 bits per heavy atom. The van der Waals surface area contributed by atoms with Crippen molar-refractivity contribution < 1.29 is 9.63 Å². The first-order valence-corrected chi connectivity index (χ1v) is 9.48. The molecule has 1 aromatic carbocycles. The lowest BCUT2D eigenvalue weighted by molar-refractivity contribution is -0.180. The highest BCUT2D eigenvalue weighted by Gasteiger charge is 2.21. The molecule has 0 saturated heterocycles. The minimum absolute atomic E-state index is 0.210. The predicted octanol–water partition coefficient (Wildman–Crippen LogP) is 2.61. The minimum Gasteiger partial charge on any atom is -0.397 e. The number of carbonyl (C=O) groups excluding carboxylic acids is 1. The number of rotatable bonds is 8. The van der Waals surface area contributed by atoms with Crippen molar-refractivity contribution in [3.63, 3.8) is 0 Å². The molecule has 7 nitrogen and oxygen atoms in total. The molecule has 1 aromatic rings. The molecule has 1 amide bonds. The molecule has 1 aliphatic heterocycles. The Hall–Kier alpha value is -2.93. The highest BCUT2D eigenvalue weighted by atomic mass is 16.7. The number of amides is 1. The van der Waals surface area contributed by atoms with Crippen LogP contribution in [0.5, 0.6) is 0 Å². The van der Waals surface area contributed by atoms with Crippen LogP contribution in [-0.4, -0.2) is 36.2 Å². The van der Waals surface area contributed by atoms with Gasteiger partial charge in [-0.1, -0.05) is 36.8 Å². The summed E-state index contributed by atoms with van der Waals surface area (Å²) in [4.78, 5) is 26.9. The van der Waals surface area contributed by atoms with Gasteiger partial charge in [0.05, 0.1) is 18.8 Å². The van der Waals surface area contributed by atoms with Gasteiger partial charge in [0.1, 0.15) is 11.5 Å². The Bertz CT molecular complexity index is 801. The Morgan fingerprint density at radius 1 is 1.29 bits per heavy atom. The fraction of sp³-hybridized carbons (Fsp3) is 0.381. The summed E-state index contributed by atoms with van der Waals surface area (Å²) in [6, 6.07) is 8.15. The van der Waals surface area contributed by atoms with E-state index in [0.717, 1.165) is 12.0 Å². The van der Waals surface area contributed by atoms with E-state index in [9.17, 15) is 4.79 Å². The van der Waals surface area contributed by atoms with Crippen LogP contribution in [0.25, 0.3) is 0 Å². The number of amidine groups is 1. The molecule has 0 fully saturated rings. The van der Waals surface area contributed by atoms with Crippen molar-refractivity contribution >= 4 is 18.0 Å². The van der Waals surface area contributed by atoms with Crippen LogP contribution in [0.4, 0.5) is 0 Å². The molecule has 0 spiro atoms. The van der Waals surface area contributed by atoms with E-state index in [0.29, 0.717) is 42.5 Å². The lowest BCUT2D eigenvalue weighted by Gasteiger charge is -2.21. The molecule has 7 heteroatoms. The van der Waals surface area contributed by atoms with E-state index in [-0.39, 0.29) is 12.3 Å². The van der Waals surface area contributed by atoms with Crippen molar-refractivity contribution in [1.82, 2.24) is 5.06 Å². The van der Waals surface area contributed by atoms with E-state index in [4.69, 9.17) is 16.3 Å². The summed E-state index contributed by atoms with van der Waals surface area (Å²) in [6.45, 7) is 7.27. The molecule has 0 aliphatic carbocycles. The molecule has 150 valence electrons. The van der Waals surface area contributed by atoms with Crippen molar-refractivity contribution in [2.45, 2.75) is 40.2 Å². The second kappa shape index (κ2) is 10.4. The van der Waals surface area contributed by atoms with Crippen LogP contribution < -0.4 is 11.5 Å². The topological polar surface area (TPSA) is 106 Å². The van der Waals surface area contributed by atoms with Crippen LogP contribution in [0.3, 0.4) is 0 Å². The van der Waals surface area contributed by atoms with E-state index >= 15 is 0 Å². The molecular formula is C21H29N5O2. The monoisotopic (exact) mass is 383 g/mol. The number of hydrogen-bond donors (Lipinski definition) is 2. The zero-order valence-electron chi connectivity index (χ0n) is 16.8. The summed E-state index contributed by atoms with van der Waals surface area (Å²) in [5, 5.41) is 1.35. The molecule has 4 N–H and O–H groups in total. The SMILES string of the molecule is CCCN(OCC)C(=O)C1=CC(N)=C(C=NCc2ccc(C)cc2)N=C(N)C1. The van der Waals surface area contributed by atoms with Gasteiger partial charge in [-0.15, -0.1) is 0 Å². The third-order valence-corrected chi connectivity index (χ3v) is 4.08. The molecule has 1 heterocycles. The molecule has 0 saturated carbocycles. The molecular weight excluding hydrogens is 354 g/mol. The predicted molar refractivity (Wildman–Crippen MR) is 113 cm³/mol. The van der Waals surface area contributed by atoms with Crippen molar-refractivity contribution in [3.05, 3.63) is 58.4 Å². The fourth-order valence-corrected chi connectivity index (χ4v) is 2.68. The van der Waals surface area contributed by atoms with Gasteiger partial charge < -0.3 is 11.5 Å². The summed E-state index contributed by atoms with van der Waals surface area (Å²) in [5.41, 5.74) is 15.7. The Kier molecular flexibility index (Phi) is 7.95. The minimum atomic E-state index is -0.248. The molecule has 1 aliphatic rings. The lowest BCUT2D eigenvalue weighted by Crippen LogP contribution is -2.34. The van der Waals surface area contributed by atoms with Gasteiger partial charge in [0.15, 0.2) is 0 Å². The van der Waals surface area contributed by atoms with E-state index in [2.05, 4.69) is 9.98 Å². The van der Waals surface area contributed by atoms with Crippen molar-refractivity contribution in [2.24, 2.45) is 21.5 Å². The first-order valence-electron chi connectivity index (χ1n) is 9.48. The van der Waals surface area contributed by atoms with Crippen molar-refractivity contribution in [3.8, 4) is 0 Å². The first kappa shape index (κ1) is 21.4. The number of benzene rings is 1. The maximum absolute atomic E-state index is 12.8. The van der Waals surface area contributed by atoms with Crippen LogP contribution in [0.15, 0.2) is 57.3 Å². The molecule has 0 unspecified atom stereocenters. The number of nitrogens with zero attached hydrogens (tertiary/aromatic N) is 3. The van der Waals surface area contributed by atoms with E-state index < -0.39 is 0 Å². The quantitative estimate of drug-likeness (QED) is 0.531. The lowest BCUT2D eigenvalue weighted by atomic mass is 10.1. The Balaban J connectivity index is 2.19. The second-order valence-electron chi connectivity index (χ2n) is 6.57. The van der Waals surface area contributed by atoms with Gasteiger partial charge in [-0.3, -0.25) is 14.6 Å². The third-order valence-electron chi connectivity index (χ3n) is 4.08. The standard InChI is InChI=1S/C21H29N5O2/c1-4-10-26(28-5-2)21(27)17-11-18(22)19(25-20(23)12-17)14-24-13-16-8-6-15(3)7-9-16/h6-9,11,14H,4-5,10,12-13,22H2,1-3H3,(H2,23,25). The number of aliphatic imine (C=N–C) groups is 2. The molecule has 2 rings (SSSR count). The molecule has 28 heavy (non-hydrogen) atoms. The summed E-state index contributed by atoms with van der Waals surface area (Å²) >= 11 is 0. The summed E-state index contributed by atoms with van der Waals surface area (Å²) < 4.78 is 0. The second-order valence-corrected chi connectivity index (χ2v) is 6.57. The van der Waals surface area contributed by atoms with Gasteiger partial charge in [-0.05, 0) is 31.9 Å². The normalized spacial score (nSPS) is 14.7. The Morgan fingerprint density at radius 3 is 2.64 bits per heavy atom. The smallest absolute Gasteiger partial charge is 0.273 e. The largest absolute Gasteiger partial charge is 0.397 e. The number of hydroxylamine groups is 2. The first-order chi connectivity index (χ1) is 13.4. The zero-order chi connectivity index (χ0) is 20.5. The van der Waals surface area contributed by atoms with Gasteiger partial charge in [0.2, 0.25) is 0 Å². The van der Waals surface area contributed by atoms with Gasteiger partial charge in [0.25, 0.3) is 5.91 Å². The van der Waals surface area contributed by atoms with Crippen LogP contribution in [-0.2, 0) is 16.2 Å². The number of aryl methyl sites for hydroxylation is 1. The fourth-order valence-electron chi connectivity index (χ4n) is 2.68. The summed E-state index contributed by atoms with van der Waals surface area (Å²) in [5.74, 6) is 0.0624. The number of allylic oxidation sites excluding steroid dienone is 2. The van der Waals surface area contributed by atoms with Crippen LogP contribution in [0.1, 0.15) is 37.8 Å².